The summed E-state index contributed by atoms with van der Waals surface area (Å²) >= 11 is 0. The zero-order valence-corrected chi connectivity index (χ0v) is 10.9. The molecule has 0 bridgehead atoms. The van der Waals surface area contributed by atoms with Gasteiger partial charge in [0.1, 0.15) is 5.76 Å². The number of amides is 1. The highest BCUT2D eigenvalue weighted by Gasteiger charge is 2.14. The molecule has 1 unspecified atom stereocenters. The second kappa shape index (κ2) is 6.54. The first-order chi connectivity index (χ1) is 8.74. The molecule has 1 aromatic rings. The molecule has 0 radical (unpaired) electrons. The first kappa shape index (κ1) is 13.1. The van der Waals surface area contributed by atoms with Gasteiger partial charge in [0.25, 0.3) is 0 Å². The molecule has 1 aliphatic heterocycles. The first-order valence-corrected chi connectivity index (χ1v) is 6.63. The zero-order valence-electron chi connectivity index (χ0n) is 10.9. The maximum atomic E-state index is 11.7. The van der Waals surface area contributed by atoms with E-state index in [4.69, 9.17) is 4.42 Å². The molecule has 1 amide bonds. The quantitative estimate of drug-likeness (QED) is 0.829. The van der Waals surface area contributed by atoms with Crippen LogP contribution in [0.25, 0.3) is 0 Å². The standard InChI is InChI=1S/C13H21N3O2/c1-10-7-16-13(18-10)9-15-12(17)5-4-11-3-2-6-14-8-11/h7,11,14H,2-6,8-9H2,1H3,(H,15,17). The second-order valence-electron chi connectivity index (χ2n) is 4.89. The molecule has 100 valence electrons. The van der Waals surface area contributed by atoms with Crippen molar-refractivity contribution in [1.29, 1.82) is 0 Å². The van der Waals surface area contributed by atoms with E-state index in [9.17, 15) is 4.79 Å². The Labute approximate surface area is 107 Å². The van der Waals surface area contributed by atoms with Crippen LogP contribution in [0.1, 0.15) is 37.3 Å². The normalized spacial score (nSPS) is 19.7. The molecule has 0 aliphatic carbocycles. The molecule has 5 heteroatoms. The van der Waals surface area contributed by atoms with Crippen LogP contribution < -0.4 is 10.6 Å². The Kier molecular flexibility index (Phi) is 4.75. The molecule has 1 atom stereocenters. The van der Waals surface area contributed by atoms with Gasteiger partial charge in [-0.2, -0.15) is 0 Å². The maximum absolute atomic E-state index is 11.7. The summed E-state index contributed by atoms with van der Waals surface area (Å²) in [5.41, 5.74) is 0. The van der Waals surface area contributed by atoms with Crippen LogP contribution in [-0.4, -0.2) is 24.0 Å². The van der Waals surface area contributed by atoms with Gasteiger partial charge in [-0.3, -0.25) is 4.79 Å². The second-order valence-corrected chi connectivity index (χ2v) is 4.89. The smallest absolute Gasteiger partial charge is 0.220 e. The van der Waals surface area contributed by atoms with Gasteiger partial charge in [0.2, 0.25) is 11.8 Å². The number of carbonyl (C=O) groups excluding carboxylic acids is 1. The number of nitrogens with zero attached hydrogens (tertiary/aromatic N) is 1. The molecule has 1 aromatic heterocycles. The number of hydrogen-bond donors (Lipinski definition) is 2. The fourth-order valence-corrected chi connectivity index (χ4v) is 2.25. The van der Waals surface area contributed by atoms with Crippen LogP contribution in [0.15, 0.2) is 10.6 Å². The molecular weight excluding hydrogens is 230 g/mol. The van der Waals surface area contributed by atoms with Crippen LogP contribution in [-0.2, 0) is 11.3 Å². The minimum Gasteiger partial charge on any atom is -0.444 e. The summed E-state index contributed by atoms with van der Waals surface area (Å²) in [6, 6.07) is 0. The topological polar surface area (TPSA) is 67.2 Å². The van der Waals surface area contributed by atoms with Crippen LogP contribution in [0, 0.1) is 12.8 Å². The monoisotopic (exact) mass is 251 g/mol. The molecule has 1 saturated heterocycles. The van der Waals surface area contributed by atoms with Gasteiger partial charge in [0.05, 0.1) is 12.7 Å². The third kappa shape index (κ3) is 4.14. The summed E-state index contributed by atoms with van der Waals surface area (Å²) in [5, 5.41) is 6.20. The van der Waals surface area contributed by atoms with Crippen molar-refractivity contribution in [3.63, 3.8) is 0 Å². The van der Waals surface area contributed by atoms with Crippen LogP contribution in [0.5, 0.6) is 0 Å². The van der Waals surface area contributed by atoms with Gasteiger partial charge in [-0.1, -0.05) is 0 Å². The van der Waals surface area contributed by atoms with E-state index in [0.29, 0.717) is 24.8 Å². The highest BCUT2D eigenvalue weighted by atomic mass is 16.4. The summed E-state index contributed by atoms with van der Waals surface area (Å²) in [4.78, 5) is 15.7. The van der Waals surface area contributed by atoms with Crippen LogP contribution in [0.3, 0.4) is 0 Å². The number of hydrogen-bond acceptors (Lipinski definition) is 4. The van der Waals surface area contributed by atoms with Gasteiger partial charge in [0.15, 0.2) is 0 Å². The lowest BCUT2D eigenvalue weighted by molar-refractivity contribution is -0.121. The van der Waals surface area contributed by atoms with Gasteiger partial charge < -0.3 is 15.1 Å². The molecule has 2 heterocycles. The third-order valence-corrected chi connectivity index (χ3v) is 3.28. The van der Waals surface area contributed by atoms with Crippen molar-refractivity contribution < 1.29 is 9.21 Å². The van der Waals surface area contributed by atoms with Gasteiger partial charge in [-0.15, -0.1) is 0 Å². The van der Waals surface area contributed by atoms with Crippen molar-refractivity contribution in [1.82, 2.24) is 15.6 Å². The van der Waals surface area contributed by atoms with E-state index in [0.717, 1.165) is 25.3 Å². The molecule has 2 N–H and O–H groups in total. The fourth-order valence-electron chi connectivity index (χ4n) is 2.25. The third-order valence-electron chi connectivity index (χ3n) is 3.28. The number of piperidine rings is 1. The average molecular weight is 251 g/mol. The number of oxazole rings is 1. The fraction of sp³-hybridized carbons (Fsp3) is 0.692. The Morgan fingerprint density at radius 2 is 2.56 bits per heavy atom. The first-order valence-electron chi connectivity index (χ1n) is 6.63. The summed E-state index contributed by atoms with van der Waals surface area (Å²) in [5.74, 6) is 2.07. The SMILES string of the molecule is Cc1cnc(CNC(=O)CCC2CCCNC2)o1. The molecule has 5 nitrogen and oxygen atoms in total. The lowest BCUT2D eigenvalue weighted by atomic mass is 9.94. The van der Waals surface area contributed by atoms with Gasteiger partial charge >= 0.3 is 0 Å². The molecular formula is C13H21N3O2. The highest BCUT2D eigenvalue weighted by molar-refractivity contribution is 5.75. The largest absolute Gasteiger partial charge is 0.444 e. The lowest BCUT2D eigenvalue weighted by Crippen LogP contribution is -2.31. The predicted molar refractivity (Wildman–Crippen MR) is 67.9 cm³/mol. The van der Waals surface area contributed by atoms with Gasteiger partial charge in [0, 0.05) is 6.42 Å². The van der Waals surface area contributed by atoms with E-state index in [1.807, 2.05) is 6.92 Å². The van der Waals surface area contributed by atoms with Crippen molar-refractivity contribution in [2.24, 2.45) is 5.92 Å². The Bertz CT molecular complexity index is 383. The van der Waals surface area contributed by atoms with E-state index >= 15 is 0 Å². The molecule has 1 fully saturated rings. The minimum atomic E-state index is 0.0800. The summed E-state index contributed by atoms with van der Waals surface area (Å²) in [6.45, 7) is 4.39. The summed E-state index contributed by atoms with van der Waals surface area (Å²) in [6.07, 6.45) is 5.67. The number of nitrogens with one attached hydrogen (secondary N) is 2. The predicted octanol–water partition coefficient (Wildman–Crippen LogP) is 1.38. The van der Waals surface area contributed by atoms with E-state index in [1.165, 1.54) is 12.8 Å². The molecule has 1 aliphatic rings. The molecule has 18 heavy (non-hydrogen) atoms. The van der Waals surface area contributed by atoms with E-state index < -0.39 is 0 Å². The Balaban J connectivity index is 1.62. The summed E-state index contributed by atoms with van der Waals surface area (Å²) in [7, 11) is 0. The van der Waals surface area contributed by atoms with Crippen molar-refractivity contribution in [3.8, 4) is 0 Å². The Morgan fingerprint density at radius 3 is 3.22 bits per heavy atom. The zero-order chi connectivity index (χ0) is 12.8. The number of aryl methyl sites for hydroxylation is 1. The molecule has 0 aromatic carbocycles. The average Bonchev–Trinajstić information content (AvgIpc) is 2.81. The van der Waals surface area contributed by atoms with Crippen LogP contribution >= 0.6 is 0 Å². The number of rotatable bonds is 5. The maximum Gasteiger partial charge on any atom is 0.220 e. The van der Waals surface area contributed by atoms with Crippen molar-refractivity contribution in [2.75, 3.05) is 13.1 Å². The minimum absolute atomic E-state index is 0.0800. The van der Waals surface area contributed by atoms with E-state index in [1.54, 1.807) is 6.20 Å². The Hall–Kier alpha value is -1.36. The van der Waals surface area contributed by atoms with Gasteiger partial charge in [-0.25, -0.2) is 4.98 Å². The van der Waals surface area contributed by atoms with Crippen LogP contribution in [0.2, 0.25) is 0 Å². The Morgan fingerprint density at radius 1 is 1.67 bits per heavy atom. The molecule has 0 saturated carbocycles. The van der Waals surface area contributed by atoms with Gasteiger partial charge in [-0.05, 0) is 45.2 Å². The number of aromatic nitrogens is 1. The highest BCUT2D eigenvalue weighted by Crippen LogP contribution is 2.15. The summed E-state index contributed by atoms with van der Waals surface area (Å²) < 4.78 is 5.29. The number of carbonyl (C=O) groups is 1. The van der Waals surface area contributed by atoms with Crippen LogP contribution in [0.4, 0.5) is 0 Å². The van der Waals surface area contributed by atoms with E-state index in [2.05, 4.69) is 15.6 Å². The van der Waals surface area contributed by atoms with Crippen molar-refractivity contribution >= 4 is 5.91 Å². The molecule has 2 rings (SSSR count). The lowest BCUT2D eigenvalue weighted by Gasteiger charge is -2.22. The molecule has 0 spiro atoms. The van der Waals surface area contributed by atoms with E-state index in [-0.39, 0.29) is 5.91 Å². The van der Waals surface area contributed by atoms with Crippen molar-refractivity contribution in [2.45, 2.75) is 39.2 Å². The van der Waals surface area contributed by atoms with Crippen molar-refractivity contribution in [3.05, 3.63) is 17.8 Å².